The molecule has 2 heterocycles. The minimum absolute atomic E-state index is 0.102. The van der Waals surface area contributed by atoms with Gasteiger partial charge in [0.1, 0.15) is 0 Å². The van der Waals surface area contributed by atoms with E-state index in [1.54, 1.807) is 11.8 Å². The zero-order valence-corrected chi connectivity index (χ0v) is 11.4. The van der Waals surface area contributed by atoms with Crippen molar-refractivity contribution >= 4 is 23.2 Å². The van der Waals surface area contributed by atoms with Crippen LogP contribution in [-0.2, 0) is 0 Å². The molecule has 1 aliphatic heterocycles. The third-order valence-electron chi connectivity index (χ3n) is 3.26. The fraction of sp³-hybridized carbons (Fsp3) is 0.583. The van der Waals surface area contributed by atoms with Crippen LogP contribution < -0.4 is 0 Å². The molecule has 1 saturated heterocycles. The van der Waals surface area contributed by atoms with E-state index in [9.17, 15) is 14.7 Å². The van der Waals surface area contributed by atoms with Gasteiger partial charge in [-0.2, -0.15) is 0 Å². The largest absolute Gasteiger partial charge is 0.476 e. The maximum absolute atomic E-state index is 12.2. The van der Waals surface area contributed by atoms with E-state index in [-0.39, 0.29) is 16.6 Å². The average Bonchev–Trinajstić information content (AvgIpc) is 2.75. The summed E-state index contributed by atoms with van der Waals surface area (Å²) < 4.78 is 0. The third kappa shape index (κ3) is 3.30. The fourth-order valence-corrected chi connectivity index (χ4v) is 2.83. The van der Waals surface area contributed by atoms with E-state index in [1.807, 2.05) is 0 Å². The van der Waals surface area contributed by atoms with Crippen molar-refractivity contribution < 1.29 is 19.8 Å². The average molecular weight is 284 g/mol. The standard InChI is InChI=1S/C12H16N2O4S/c1-12(18)3-2-5-14(6-4-12)10(15)9-13-8(7-19-9)11(16)17/h7,18H,2-6H2,1H3,(H,16,17). The Bertz CT molecular complexity index is 498. The van der Waals surface area contributed by atoms with Crippen molar-refractivity contribution in [2.24, 2.45) is 0 Å². The molecule has 2 rings (SSSR count). The lowest BCUT2D eigenvalue weighted by molar-refractivity contribution is 0.0437. The summed E-state index contributed by atoms with van der Waals surface area (Å²) in [6.45, 7) is 2.80. The molecule has 0 saturated carbocycles. The summed E-state index contributed by atoms with van der Waals surface area (Å²) in [5.41, 5.74) is -0.834. The number of nitrogens with zero attached hydrogens (tertiary/aromatic N) is 2. The van der Waals surface area contributed by atoms with Crippen LogP contribution in [0.25, 0.3) is 0 Å². The lowest BCUT2D eigenvalue weighted by Gasteiger charge is -2.21. The number of thiazole rings is 1. The van der Waals surface area contributed by atoms with Crippen LogP contribution in [0, 0.1) is 0 Å². The Morgan fingerprint density at radius 3 is 2.79 bits per heavy atom. The van der Waals surface area contributed by atoms with E-state index in [4.69, 9.17) is 5.11 Å². The minimum Gasteiger partial charge on any atom is -0.476 e. The first-order valence-corrected chi connectivity index (χ1v) is 6.97. The predicted molar refractivity (Wildman–Crippen MR) is 69.5 cm³/mol. The highest BCUT2D eigenvalue weighted by molar-refractivity contribution is 7.11. The molecular formula is C12H16N2O4S. The highest BCUT2D eigenvalue weighted by Gasteiger charge is 2.28. The monoisotopic (exact) mass is 284 g/mol. The maximum atomic E-state index is 12.2. The van der Waals surface area contributed by atoms with Gasteiger partial charge in [0, 0.05) is 18.5 Å². The van der Waals surface area contributed by atoms with E-state index in [0.717, 1.165) is 17.8 Å². The molecule has 6 nitrogen and oxygen atoms in total. The molecule has 104 valence electrons. The number of hydrogen-bond acceptors (Lipinski definition) is 5. The Kier molecular flexibility index (Phi) is 3.86. The van der Waals surface area contributed by atoms with Gasteiger partial charge in [-0.15, -0.1) is 11.3 Å². The topological polar surface area (TPSA) is 90.7 Å². The Morgan fingerprint density at radius 1 is 1.42 bits per heavy atom. The highest BCUT2D eigenvalue weighted by atomic mass is 32.1. The number of carboxylic acids is 1. The number of carbonyl (C=O) groups is 2. The van der Waals surface area contributed by atoms with Gasteiger partial charge >= 0.3 is 5.97 Å². The smallest absolute Gasteiger partial charge is 0.355 e. The van der Waals surface area contributed by atoms with Crippen LogP contribution in [0.2, 0.25) is 0 Å². The van der Waals surface area contributed by atoms with Gasteiger partial charge in [0.25, 0.3) is 5.91 Å². The van der Waals surface area contributed by atoms with Gasteiger partial charge in [0.2, 0.25) is 0 Å². The molecule has 1 aromatic heterocycles. The lowest BCUT2D eigenvalue weighted by Crippen LogP contribution is -2.33. The summed E-state index contributed by atoms with van der Waals surface area (Å²) in [6.07, 6.45) is 1.92. The summed E-state index contributed by atoms with van der Waals surface area (Å²) >= 11 is 1.04. The van der Waals surface area contributed by atoms with Crippen molar-refractivity contribution in [3.05, 3.63) is 16.1 Å². The third-order valence-corrected chi connectivity index (χ3v) is 4.09. The summed E-state index contributed by atoms with van der Waals surface area (Å²) in [7, 11) is 0. The summed E-state index contributed by atoms with van der Waals surface area (Å²) in [5, 5.41) is 20.3. The molecule has 0 aromatic carbocycles. The minimum atomic E-state index is -1.13. The molecule has 1 fully saturated rings. The van der Waals surface area contributed by atoms with Gasteiger partial charge in [-0.05, 0) is 26.2 Å². The zero-order valence-electron chi connectivity index (χ0n) is 10.6. The Balaban J connectivity index is 2.08. The van der Waals surface area contributed by atoms with Crippen LogP contribution in [0.4, 0.5) is 0 Å². The van der Waals surface area contributed by atoms with Gasteiger partial charge in [-0.3, -0.25) is 4.79 Å². The van der Waals surface area contributed by atoms with E-state index in [0.29, 0.717) is 25.9 Å². The number of aromatic carboxylic acids is 1. The summed E-state index contributed by atoms with van der Waals surface area (Å²) in [5.74, 6) is -1.38. The molecule has 1 aliphatic rings. The summed E-state index contributed by atoms with van der Waals surface area (Å²) in [4.78, 5) is 28.4. The summed E-state index contributed by atoms with van der Waals surface area (Å²) in [6, 6.07) is 0. The molecule has 1 atom stereocenters. The Hall–Kier alpha value is -1.47. The van der Waals surface area contributed by atoms with Gasteiger partial charge < -0.3 is 15.1 Å². The molecule has 0 spiro atoms. The number of carboxylic acid groups (broad SMARTS) is 1. The fourth-order valence-electron chi connectivity index (χ4n) is 2.07. The van der Waals surface area contributed by atoms with Crippen molar-refractivity contribution in [3.8, 4) is 0 Å². The van der Waals surface area contributed by atoms with Gasteiger partial charge in [-0.1, -0.05) is 0 Å². The number of aromatic nitrogens is 1. The number of amides is 1. The second kappa shape index (κ2) is 5.26. The number of hydrogen-bond donors (Lipinski definition) is 2. The van der Waals surface area contributed by atoms with Crippen LogP contribution in [0.3, 0.4) is 0 Å². The molecule has 0 bridgehead atoms. The molecule has 0 radical (unpaired) electrons. The first-order chi connectivity index (χ1) is 8.89. The Labute approximate surface area is 114 Å². The first kappa shape index (κ1) is 14.0. The quantitative estimate of drug-likeness (QED) is 0.852. The molecule has 1 unspecified atom stereocenters. The zero-order chi connectivity index (χ0) is 14.0. The molecular weight excluding hydrogens is 268 g/mol. The molecule has 0 aliphatic carbocycles. The molecule has 19 heavy (non-hydrogen) atoms. The van der Waals surface area contributed by atoms with E-state index in [2.05, 4.69) is 4.98 Å². The molecule has 2 N–H and O–H groups in total. The molecule has 1 aromatic rings. The predicted octanol–water partition coefficient (Wildman–Crippen LogP) is 1.22. The second-order valence-corrected chi connectivity index (χ2v) is 5.84. The number of aliphatic hydroxyl groups is 1. The molecule has 1 amide bonds. The van der Waals surface area contributed by atoms with Crippen molar-refractivity contribution in [1.82, 2.24) is 9.88 Å². The maximum Gasteiger partial charge on any atom is 0.355 e. The number of carbonyl (C=O) groups excluding carboxylic acids is 1. The van der Waals surface area contributed by atoms with Gasteiger partial charge in [0.05, 0.1) is 5.60 Å². The number of likely N-dealkylation sites (tertiary alicyclic amines) is 1. The normalized spacial score (nSPS) is 24.0. The highest BCUT2D eigenvalue weighted by Crippen LogP contribution is 2.23. The van der Waals surface area contributed by atoms with E-state index in [1.165, 1.54) is 5.38 Å². The van der Waals surface area contributed by atoms with Crippen molar-refractivity contribution in [2.45, 2.75) is 31.8 Å². The van der Waals surface area contributed by atoms with E-state index < -0.39 is 11.6 Å². The van der Waals surface area contributed by atoms with Crippen molar-refractivity contribution in [2.75, 3.05) is 13.1 Å². The van der Waals surface area contributed by atoms with Gasteiger partial charge in [0.15, 0.2) is 10.7 Å². The lowest BCUT2D eigenvalue weighted by atomic mass is 9.98. The van der Waals surface area contributed by atoms with Crippen LogP contribution >= 0.6 is 11.3 Å². The Morgan fingerprint density at radius 2 is 2.16 bits per heavy atom. The molecule has 7 heteroatoms. The van der Waals surface area contributed by atoms with Crippen LogP contribution in [0.1, 0.15) is 46.5 Å². The van der Waals surface area contributed by atoms with Crippen LogP contribution in [0.15, 0.2) is 5.38 Å². The van der Waals surface area contributed by atoms with Crippen molar-refractivity contribution in [3.63, 3.8) is 0 Å². The van der Waals surface area contributed by atoms with Crippen LogP contribution in [0.5, 0.6) is 0 Å². The first-order valence-electron chi connectivity index (χ1n) is 6.09. The van der Waals surface area contributed by atoms with E-state index >= 15 is 0 Å². The van der Waals surface area contributed by atoms with Crippen molar-refractivity contribution in [1.29, 1.82) is 0 Å². The van der Waals surface area contributed by atoms with Crippen LogP contribution in [-0.4, -0.2) is 50.7 Å². The van der Waals surface area contributed by atoms with Gasteiger partial charge in [-0.25, -0.2) is 9.78 Å². The second-order valence-electron chi connectivity index (χ2n) is 4.99. The number of rotatable bonds is 2. The SMILES string of the molecule is CC1(O)CCCN(C(=O)c2nc(C(=O)O)cs2)CC1.